The van der Waals surface area contributed by atoms with Crippen LogP contribution in [-0.4, -0.2) is 31.8 Å². The number of anilines is 1. The quantitative estimate of drug-likeness (QED) is 0.444. The summed E-state index contributed by atoms with van der Waals surface area (Å²) in [5.41, 5.74) is 0.985. The fraction of sp³-hybridized carbons (Fsp3) is 0.174. The molecule has 0 saturated carbocycles. The van der Waals surface area contributed by atoms with Crippen molar-refractivity contribution in [2.75, 3.05) is 18.5 Å². The molecule has 0 aliphatic heterocycles. The van der Waals surface area contributed by atoms with E-state index in [2.05, 4.69) is 5.32 Å². The smallest absolute Gasteiger partial charge is 0.243 e. The number of carbonyl (C=O) groups excluding carboxylic acids is 1. The first-order chi connectivity index (χ1) is 15.3. The number of para-hydroxylation sites is 2. The van der Waals surface area contributed by atoms with E-state index < -0.39 is 22.5 Å². The Morgan fingerprint density at radius 2 is 1.69 bits per heavy atom. The van der Waals surface area contributed by atoms with Gasteiger partial charge in [-0.05, 0) is 48.9 Å². The highest BCUT2D eigenvalue weighted by atomic mass is 35.5. The standard InChI is InChI=1S/C23H22Cl2N2O4S/c1-2-31-22-11-7-6-10-21(22)26-23(28)16-27(15-17-12-13-18(24)14-20(17)25)32(29,30)19-8-4-3-5-9-19/h3-14H,2,15-16H2,1H3,(H,26,28). The van der Waals surface area contributed by atoms with Crippen LogP contribution in [0.2, 0.25) is 10.0 Å². The highest BCUT2D eigenvalue weighted by Crippen LogP contribution is 2.26. The zero-order chi connectivity index (χ0) is 23.1. The van der Waals surface area contributed by atoms with Crippen molar-refractivity contribution in [2.24, 2.45) is 0 Å². The van der Waals surface area contributed by atoms with E-state index in [9.17, 15) is 13.2 Å². The Morgan fingerprint density at radius 1 is 1.00 bits per heavy atom. The monoisotopic (exact) mass is 492 g/mol. The fourth-order valence-corrected chi connectivity index (χ4v) is 4.87. The van der Waals surface area contributed by atoms with Crippen LogP contribution in [0, 0.1) is 0 Å². The van der Waals surface area contributed by atoms with E-state index in [1.807, 2.05) is 6.92 Å². The van der Waals surface area contributed by atoms with Gasteiger partial charge in [-0.15, -0.1) is 0 Å². The molecule has 0 saturated heterocycles. The lowest BCUT2D eigenvalue weighted by Gasteiger charge is -2.23. The summed E-state index contributed by atoms with van der Waals surface area (Å²) >= 11 is 12.2. The summed E-state index contributed by atoms with van der Waals surface area (Å²) < 4.78 is 33.3. The van der Waals surface area contributed by atoms with E-state index in [0.717, 1.165) is 4.31 Å². The number of amides is 1. The maximum absolute atomic E-state index is 13.3. The molecule has 0 spiro atoms. The van der Waals surface area contributed by atoms with Crippen LogP contribution in [0.1, 0.15) is 12.5 Å². The summed E-state index contributed by atoms with van der Waals surface area (Å²) in [5.74, 6) is -0.0108. The molecule has 0 radical (unpaired) electrons. The van der Waals surface area contributed by atoms with Crippen LogP contribution in [0.3, 0.4) is 0 Å². The van der Waals surface area contributed by atoms with Crippen molar-refractivity contribution in [3.8, 4) is 5.75 Å². The molecular formula is C23H22Cl2N2O4S. The Bertz CT molecular complexity index is 1190. The average molecular weight is 493 g/mol. The summed E-state index contributed by atoms with van der Waals surface area (Å²) in [4.78, 5) is 12.9. The first-order valence-corrected chi connectivity index (χ1v) is 12.0. The summed E-state index contributed by atoms with van der Waals surface area (Å²) in [7, 11) is -3.98. The SMILES string of the molecule is CCOc1ccccc1NC(=O)CN(Cc1ccc(Cl)cc1Cl)S(=O)(=O)c1ccccc1. The highest BCUT2D eigenvalue weighted by molar-refractivity contribution is 7.89. The van der Waals surface area contributed by atoms with E-state index in [0.29, 0.717) is 33.7 Å². The Morgan fingerprint density at radius 3 is 2.38 bits per heavy atom. The molecule has 0 heterocycles. The van der Waals surface area contributed by atoms with Gasteiger partial charge in [-0.25, -0.2) is 8.42 Å². The molecule has 0 bridgehead atoms. The van der Waals surface area contributed by atoms with Gasteiger partial charge in [0.25, 0.3) is 0 Å². The van der Waals surface area contributed by atoms with Crippen molar-refractivity contribution in [2.45, 2.75) is 18.4 Å². The maximum atomic E-state index is 13.3. The molecule has 3 aromatic carbocycles. The van der Waals surface area contributed by atoms with Crippen molar-refractivity contribution in [1.29, 1.82) is 0 Å². The van der Waals surface area contributed by atoms with E-state index in [4.69, 9.17) is 27.9 Å². The van der Waals surface area contributed by atoms with Crippen LogP contribution >= 0.6 is 23.2 Å². The zero-order valence-electron chi connectivity index (χ0n) is 17.3. The summed E-state index contributed by atoms with van der Waals surface area (Å²) in [6.07, 6.45) is 0. The predicted molar refractivity (Wildman–Crippen MR) is 127 cm³/mol. The molecule has 0 aromatic heterocycles. The van der Waals surface area contributed by atoms with Gasteiger partial charge in [0.2, 0.25) is 15.9 Å². The Labute approximate surface area is 197 Å². The molecule has 9 heteroatoms. The largest absolute Gasteiger partial charge is 0.492 e. The number of sulfonamides is 1. The van der Waals surface area contributed by atoms with Crippen LogP contribution in [0.15, 0.2) is 77.7 Å². The third-order valence-corrected chi connectivity index (χ3v) is 6.92. The molecule has 3 rings (SSSR count). The molecule has 1 N–H and O–H groups in total. The molecule has 6 nitrogen and oxygen atoms in total. The van der Waals surface area contributed by atoms with Gasteiger partial charge in [0.15, 0.2) is 0 Å². The second-order valence-corrected chi connectivity index (χ2v) is 9.58. The molecule has 0 aliphatic carbocycles. The minimum Gasteiger partial charge on any atom is -0.492 e. The van der Waals surface area contributed by atoms with Crippen LogP contribution in [-0.2, 0) is 21.4 Å². The van der Waals surface area contributed by atoms with E-state index in [1.165, 1.54) is 18.2 Å². The molecule has 168 valence electrons. The van der Waals surface area contributed by atoms with Gasteiger partial charge in [-0.2, -0.15) is 4.31 Å². The first kappa shape index (κ1) is 24.1. The topological polar surface area (TPSA) is 75.7 Å². The lowest BCUT2D eigenvalue weighted by molar-refractivity contribution is -0.116. The number of nitrogens with one attached hydrogen (secondary N) is 1. The number of benzene rings is 3. The van der Waals surface area contributed by atoms with Gasteiger partial charge in [0.05, 0.1) is 23.7 Å². The minimum atomic E-state index is -3.98. The molecule has 1 amide bonds. The molecule has 0 atom stereocenters. The number of halogens is 2. The molecule has 32 heavy (non-hydrogen) atoms. The van der Waals surface area contributed by atoms with E-state index in [1.54, 1.807) is 54.6 Å². The number of carbonyl (C=O) groups is 1. The summed E-state index contributed by atoms with van der Waals surface area (Å²) in [6, 6.07) is 19.7. The van der Waals surface area contributed by atoms with Crippen molar-refractivity contribution in [3.05, 3.63) is 88.4 Å². The lowest BCUT2D eigenvalue weighted by atomic mass is 10.2. The number of rotatable bonds is 9. The average Bonchev–Trinajstić information content (AvgIpc) is 2.77. The van der Waals surface area contributed by atoms with Crippen molar-refractivity contribution < 1.29 is 17.9 Å². The van der Waals surface area contributed by atoms with Gasteiger partial charge < -0.3 is 10.1 Å². The number of hydrogen-bond donors (Lipinski definition) is 1. The number of hydrogen-bond acceptors (Lipinski definition) is 4. The molecule has 0 unspecified atom stereocenters. The number of nitrogens with zero attached hydrogens (tertiary/aromatic N) is 1. The molecular weight excluding hydrogens is 471 g/mol. The van der Waals surface area contributed by atoms with E-state index >= 15 is 0 Å². The lowest BCUT2D eigenvalue weighted by Crippen LogP contribution is -2.37. The van der Waals surface area contributed by atoms with Crippen LogP contribution in [0.4, 0.5) is 5.69 Å². The third kappa shape index (κ3) is 6.01. The highest BCUT2D eigenvalue weighted by Gasteiger charge is 2.27. The second-order valence-electron chi connectivity index (χ2n) is 6.80. The van der Waals surface area contributed by atoms with E-state index in [-0.39, 0.29) is 11.4 Å². The van der Waals surface area contributed by atoms with Gasteiger partial charge in [-0.3, -0.25) is 4.79 Å². The Kier molecular flexibility index (Phi) is 8.15. The van der Waals surface area contributed by atoms with Crippen LogP contribution in [0.25, 0.3) is 0 Å². The van der Waals surface area contributed by atoms with Gasteiger partial charge in [0, 0.05) is 16.6 Å². The third-order valence-electron chi connectivity index (χ3n) is 4.52. The summed E-state index contributed by atoms with van der Waals surface area (Å²) in [5, 5.41) is 3.48. The zero-order valence-corrected chi connectivity index (χ0v) is 19.6. The first-order valence-electron chi connectivity index (χ1n) is 9.82. The molecule has 0 fully saturated rings. The predicted octanol–water partition coefficient (Wildman–Crippen LogP) is 5.22. The van der Waals surface area contributed by atoms with Gasteiger partial charge >= 0.3 is 0 Å². The minimum absolute atomic E-state index is 0.0765. The maximum Gasteiger partial charge on any atom is 0.243 e. The molecule has 3 aromatic rings. The number of ether oxygens (including phenoxy) is 1. The van der Waals surface area contributed by atoms with Crippen molar-refractivity contribution in [3.63, 3.8) is 0 Å². The van der Waals surface area contributed by atoms with Crippen molar-refractivity contribution >= 4 is 44.8 Å². The normalized spacial score (nSPS) is 11.4. The molecule has 0 aliphatic rings. The van der Waals surface area contributed by atoms with Crippen molar-refractivity contribution in [1.82, 2.24) is 4.31 Å². The Hall–Kier alpha value is -2.58. The summed E-state index contributed by atoms with van der Waals surface area (Å²) in [6.45, 7) is 1.74. The van der Waals surface area contributed by atoms with Gasteiger partial charge in [0.1, 0.15) is 5.75 Å². The second kappa shape index (κ2) is 10.8. The fourth-order valence-electron chi connectivity index (χ4n) is 3.01. The van der Waals surface area contributed by atoms with Crippen LogP contribution in [0.5, 0.6) is 5.75 Å². The Balaban J connectivity index is 1.89. The van der Waals surface area contributed by atoms with Crippen LogP contribution < -0.4 is 10.1 Å². The van der Waals surface area contributed by atoms with Gasteiger partial charge in [-0.1, -0.05) is 59.6 Å².